The fourth-order valence-corrected chi connectivity index (χ4v) is 6.10. The largest absolute Gasteiger partial charge is 0.244 e. The van der Waals surface area contributed by atoms with Crippen molar-refractivity contribution in [1.29, 1.82) is 0 Å². The average Bonchev–Trinajstić information content (AvgIpc) is 2.99. The zero-order chi connectivity index (χ0) is 15.7. The molecule has 0 unspecified atom stereocenters. The summed E-state index contributed by atoms with van der Waals surface area (Å²) in [5.74, 6) is 0.802. The number of halogens is 2. The summed E-state index contributed by atoms with van der Waals surface area (Å²) < 4.78 is 29.2. The van der Waals surface area contributed by atoms with Crippen LogP contribution in [0.5, 0.6) is 0 Å². The van der Waals surface area contributed by atoms with Gasteiger partial charge in [0.25, 0.3) is 0 Å². The van der Waals surface area contributed by atoms with Crippen LogP contribution in [0.1, 0.15) is 10.9 Å². The van der Waals surface area contributed by atoms with Crippen molar-refractivity contribution in [2.24, 2.45) is 0 Å². The third kappa shape index (κ3) is 3.28. The van der Waals surface area contributed by atoms with E-state index in [0.717, 1.165) is 20.3 Å². The number of thioether (sulfide) groups is 1. The number of rotatable bonds is 3. The van der Waals surface area contributed by atoms with Crippen LogP contribution in [-0.2, 0) is 10.0 Å². The second-order valence-corrected chi connectivity index (χ2v) is 9.75. The highest BCUT2D eigenvalue weighted by Crippen LogP contribution is 2.41. The maximum absolute atomic E-state index is 12.9. The van der Waals surface area contributed by atoms with Gasteiger partial charge in [-0.3, -0.25) is 0 Å². The van der Waals surface area contributed by atoms with Gasteiger partial charge in [0.05, 0.1) is 10.3 Å². The minimum atomic E-state index is -3.48. The van der Waals surface area contributed by atoms with Crippen molar-refractivity contribution in [2.75, 3.05) is 12.3 Å². The van der Waals surface area contributed by atoms with Crippen molar-refractivity contribution in [3.8, 4) is 0 Å². The van der Waals surface area contributed by atoms with E-state index in [1.807, 2.05) is 24.3 Å². The molecule has 2 aromatic carbocycles. The lowest BCUT2D eigenvalue weighted by atomic mass is 10.2. The summed E-state index contributed by atoms with van der Waals surface area (Å²) >= 11 is 8.40. The van der Waals surface area contributed by atoms with Gasteiger partial charge in [0.1, 0.15) is 0 Å². The van der Waals surface area contributed by atoms with Gasteiger partial charge in [-0.2, -0.15) is 4.31 Å². The minimum absolute atomic E-state index is 0.165. The minimum Gasteiger partial charge on any atom is -0.207 e. The van der Waals surface area contributed by atoms with Crippen LogP contribution in [0.2, 0.25) is 0 Å². The van der Waals surface area contributed by atoms with E-state index in [-0.39, 0.29) is 5.37 Å². The lowest BCUT2D eigenvalue weighted by Gasteiger charge is -2.23. The van der Waals surface area contributed by atoms with Crippen molar-refractivity contribution in [2.45, 2.75) is 10.3 Å². The number of nitrogens with zero attached hydrogens (tertiary/aromatic N) is 1. The molecule has 22 heavy (non-hydrogen) atoms. The van der Waals surface area contributed by atoms with E-state index < -0.39 is 10.0 Å². The zero-order valence-electron chi connectivity index (χ0n) is 11.4. The Kier molecular flexibility index (Phi) is 4.99. The molecule has 1 aliphatic rings. The molecule has 0 radical (unpaired) electrons. The third-order valence-electron chi connectivity index (χ3n) is 3.42. The van der Waals surface area contributed by atoms with E-state index >= 15 is 0 Å². The van der Waals surface area contributed by atoms with Crippen LogP contribution in [0, 0.1) is 0 Å². The molecular formula is C15H13Br2NO2S2. The summed E-state index contributed by atoms with van der Waals surface area (Å²) in [6, 6.07) is 14.6. The van der Waals surface area contributed by atoms with Crippen LogP contribution in [0.3, 0.4) is 0 Å². The third-order valence-corrected chi connectivity index (χ3v) is 7.75. The highest BCUT2D eigenvalue weighted by Gasteiger charge is 2.36. The Morgan fingerprint density at radius 1 is 0.955 bits per heavy atom. The van der Waals surface area contributed by atoms with E-state index in [1.54, 1.807) is 40.3 Å². The molecule has 1 fully saturated rings. The van der Waals surface area contributed by atoms with Gasteiger partial charge in [0, 0.05) is 21.2 Å². The molecular weight excluding hydrogens is 450 g/mol. The second-order valence-electron chi connectivity index (χ2n) is 4.84. The molecule has 0 amide bonds. The average molecular weight is 463 g/mol. The Balaban J connectivity index is 1.95. The summed E-state index contributed by atoms with van der Waals surface area (Å²) in [4.78, 5) is 0.334. The predicted octanol–water partition coefficient (Wildman–Crippen LogP) is 4.65. The molecule has 7 heteroatoms. The van der Waals surface area contributed by atoms with Crippen LogP contribution in [0.25, 0.3) is 0 Å². The number of hydrogen-bond acceptors (Lipinski definition) is 3. The summed E-state index contributed by atoms with van der Waals surface area (Å²) in [5, 5.41) is -0.165. The topological polar surface area (TPSA) is 37.4 Å². The van der Waals surface area contributed by atoms with Gasteiger partial charge >= 0.3 is 0 Å². The first kappa shape index (κ1) is 16.5. The van der Waals surface area contributed by atoms with E-state index in [2.05, 4.69) is 31.9 Å². The fourth-order valence-electron chi connectivity index (χ4n) is 2.33. The van der Waals surface area contributed by atoms with Crippen LogP contribution in [-0.4, -0.2) is 25.0 Å². The van der Waals surface area contributed by atoms with Crippen molar-refractivity contribution in [3.63, 3.8) is 0 Å². The van der Waals surface area contributed by atoms with Crippen molar-refractivity contribution < 1.29 is 8.42 Å². The van der Waals surface area contributed by atoms with Crippen molar-refractivity contribution >= 4 is 53.6 Å². The first-order valence-corrected chi connectivity index (χ1v) is 10.7. The van der Waals surface area contributed by atoms with Gasteiger partial charge in [-0.15, -0.1) is 11.8 Å². The molecule has 3 rings (SSSR count). The molecule has 0 spiro atoms. The second kappa shape index (κ2) is 6.65. The summed E-state index contributed by atoms with van der Waals surface area (Å²) in [7, 11) is -3.48. The van der Waals surface area contributed by atoms with Crippen LogP contribution in [0.15, 0.2) is 62.4 Å². The molecule has 0 aliphatic carbocycles. The number of benzene rings is 2. The standard InChI is InChI=1S/C15H13Br2NO2S2/c16-12-3-1-11(2-4-12)15-18(9-10-21-15)22(19,20)14-7-5-13(17)6-8-14/h1-8,15H,9-10H2/t15-/m1/s1. The van der Waals surface area contributed by atoms with E-state index in [9.17, 15) is 8.42 Å². The van der Waals surface area contributed by atoms with Gasteiger partial charge in [-0.25, -0.2) is 8.42 Å². The van der Waals surface area contributed by atoms with Gasteiger partial charge in [0.2, 0.25) is 10.0 Å². The van der Waals surface area contributed by atoms with Crippen LogP contribution in [0.4, 0.5) is 0 Å². The van der Waals surface area contributed by atoms with E-state index in [1.165, 1.54) is 0 Å². The number of hydrogen-bond donors (Lipinski definition) is 0. The first-order chi connectivity index (χ1) is 10.5. The van der Waals surface area contributed by atoms with Crippen molar-refractivity contribution in [1.82, 2.24) is 4.31 Å². The van der Waals surface area contributed by atoms with Crippen LogP contribution < -0.4 is 0 Å². The van der Waals surface area contributed by atoms with Gasteiger partial charge in [0.15, 0.2) is 0 Å². The lowest BCUT2D eigenvalue weighted by Crippen LogP contribution is -2.30. The molecule has 2 aromatic rings. The molecule has 0 saturated carbocycles. The van der Waals surface area contributed by atoms with Gasteiger partial charge < -0.3 is 0 Å². The maximum atomic E-state index is 12.9. The van der Waals surface area contributed by atoms with Gasteiger partial charge in [-0.05, 0) is 42.0 Å². The Morgan fingerprint density at radius 3 is 2.09 bits per heavy atom. The molecule has 0 bridgehead atoms. The molecule has 0 aromatic heterocycles. The molecule has 116 valence electrons. The van der Waals surface area contributed by atoms with Crippen molar-refractivity contribution in [3.05, 3.63) is 63.0 Å². The summed E-state index contributed by atoms with van der Waals surface area (Å²) in [6.07, 6.45) is 0. The predicted molar refractivity (Wildman–Crippen MR) is 97.4 cm³/mol. The molecule has 0 N–H and O–H groups in total. The molecule has 1 saturated heterocycles. The number of sulfonamides is 1. The van der Waals surface area contributed by atoms with Crippen LogP contribution >= 0.6 is 43.6 Å². The monoisotopic (exact) mass is 461 g/mol. The Morgan fingerprint density at radius 2 is 1.50 bits per heavy atom. The zero-order valence-corrected chi connectivity index (χ0v) is 16.3. The molecule has 1 aliphatic heterocycles. The first-order valence-electron chi connectivity index (χ1n) is 6.63. The Labute approximate surface area is 151 Å². The highest BCUT2D eigenvalue weighted by atomic mass is 79.9. The van der Waals surface area contributed by atoms with E-state index in [4.69, 9.17) is 0 Å². The summed E-state index contributed by atoms with van der Waals surface area (Å²) in [6.45, 7) is 0.532. The molecule has 1 atom stereocenters. The van der Waals surface area contributed by atoms with Gasteiger partial charge in [-0.1, -0.05) is 44.0 Å². The Bertz CT molecular complexity index is 761. The fraction of sp³-hybridized carbons (Fsp3) is 0.200. The normalized spacial score (nSPS) is 19.5. The SMILES string of the molecule is O=S(=O)(c1ccc(Br)cc1)N1CCS[C@@H]1c1ccc(Br)cc1. The Hall–Kier alpha value is -0.340. The molecule has 3 nitrogen and oxygen atoms in total. The van der Waals surface area contributed by atoms with E-state index in [0.29, 0.717) is 11.4 Å². The maximum Gasteiger partial charge on any atom is 0.244 e. The smallest absolute Gasteiger partial charge is 0.207 e. The summed E-state index contributed by atoms with van der Waals surface area (Å²) in [5.41, 5.74) is 1.01. The quantitative estimate of drug-likeness (QED) is 0.666. The lowest BCUT2D eigenvalue weighted by molar-refractivity contribution is 0.434. The highest BCUT2D eigenvalue weighted by molar-refractivity contribution is 9.10. The molecule has 1 heterocycles.